The Morgan fingerprint density at radius 1 is 1.28 bits per heavy atom. The van der Waals surface area contributed by atoms with E-state index in [9.17, 15) is 18.0 Å². The molecule has 29 heavy (non-hydrogen) atoms. The summed E-state index contributed by atoms with van der Waals surface area (Å²) in [6.45, 7) is 3.27. The van der Waals surface area contributed by atoms with Crippen molar-refractivity contribution in [2.45, 2.75) is 63.6 Å². The van der Waals surface area contributed by atoms with E-state index in [1.54, 1.807) is 4.90 Å². The molecule has 2 aromatic rings. The number of hydrogen-bond donors (Lipinski definition) is 0. The highest BCUT2D eigenvalue weighted by Crippen LogP contribution is 2.40. The summed E-state index contributed by atoms with van der Waals surface area (Å²) in [6.07, 6.45) is 0.00138. The first-order chi connectivity index (χ1) is 13.8. The van der Waals surface area contributed by atoms with Gasteiger partial charge in [-0.2, -0.15) is 13.2 Å². The second-order valence-corrected chi connectivity index (χ2v) is 7.89. The molecule has 158 valence electrons. The van der Waals surface area contributed by atoms with E-state index in [2.05, 4.69) is 10.1 Å². The highest BCUT2D eigenvalue weighted by Gasteiger charge is 2.37. The van der Waals surface area contributed by atoms with Crippen molar-refractivity contribution in [2.24, 2.45) is 0 Å². The molecular formula is C20H24F3N3O3. The van der Waals surface area contributed by atoms with Gasteiger partial charge in [0.2, 0.25) is 5.91 Å². The maximum absolute atomic E-state index is 13.5. The molecule has 6 nitrogen and oxygen atoms in total. The van der Waals surface area contributed by atoms with E-state index in [1.807, 2.05) is 0 Å². The molecule has 2 aliphatic rings. The number of carbonyl (C=O) groups is 1. The van der Waals surface area contributed by atoms with Gasteiger partial charge in [-0.25, -0.2) is 4.98 Å². The number of alkyl halides is 3. The Morgan fingerprint density at radius 3 is 2.69 bits per heavy atom. The third kappa shape index (κ3) is 4.24. The number of aryl methyl sites for hydroxylation is 1. The highest BCUT2D eigenvalue weighted by atomic mass is 19.4. The van der Waals surface area contributed by atoms with Crippen molar-refractivity contribution in [1.82, 2.24) is 15.0 Å². The summed E-state index contributed by atoms with van der Waals surface area (Å²) in [5.74, 6) is -0.110. The molecule has 2 aromatic heterocycles. The van der Waals surface area contributed by atoms with Crippen molar-refractivity contribution in [2.75, 3.05) is 19.7 Å². The van der Waals surface area contributed by atoms with Crippen molar-refractivity contribution in [3.05, 3.63) is 23.0 Å². The Morgan fingerprint density at radius 2 is 2.03 bits per heavy atom. The fraction of sp³-hybridized carbons (Fsp3) is 0.650. The van der Waals surface area contributed by atoms with Gasteiger partial charge in [0.1, 0.15) is 0 Å². The van der Waals surface area contributed by atoms with Gasteiger partial charge in [-0.1, -0.05) is 5.16 Å². The molecule has 1 amide bonds. The average Bonchev–Trinajstić information content (AvgIpc) is 3.34. The van der Waals surface area contributed by atoms with Crippen LogP contribution in [0.2, 0.25) is 0 Å². The zero-order valence-corrected chi connectivity index (χ0v) is 16.3. The van der Waals surface area contributed by atoms with Crippen LogP contribution < -0.4 is 0 Å². The van der Waals surface area contributed by atoms with Gasteiger partial charge in [0.25, 0.3) is 5.71 Å². The highest BCUT2D eigenvalue weighted by molar-refractivity contribution is 5.82. The number of piperidine rings is 1. The zero-order chi connectivity index (χ0) is 20.6. The number of rotatable bonds is 4. The smallest absolute Gasteiger partial charge is 0.378 e. The zero-order valence-electron chi connectivity index (χ0n) is 16.3. The molecular weight excluding hydrogens is 387 g/mol. The predicted molar refractivity (Wildman–Crippen MR) is 98.3 cm³/mol. The maximum Gasteiger partial charge on any atom is 0.417 e. The van der Waals surface area contributed by atoms with E-state index in [4.69, 9.17) is 9.26 Å². The first-order valence-electron chi connectivity index (χ1n) is 10.1. The molecule has 0 N–H and O–H groups in total. The van der Waals surface area contributed by atoms with Gasteiger partial charge in [-0.05, 0) is 45.1 Å². The van der Waals surface area contributed by atoms with Crippen molar-refractivity contribution >= 4 is 17.0 Å². The van der Waals surface area contributed by atoms with Gasteiger partial charge < -0.3 is 14.2 Å². The summed E-state index contributed by atoms with van der Waals surface area (Å²) in [5.41, 5.74) is -0.306. The monoisotopic (exact) mass is 411 g/mol. The maximum atomic E-state index is 13.5. The number of pyridine rings is 1. The van der Waals surface area contributed by atoms with Crippen LogP contribution in [0.15, 0.2) is 10.6 Å². The Hall–Kier alpha value is -2.16. The van der Waals surface area contributed by atoms with Crippen LogP contribution in [0, 0.1) is 6.92 Å². The van der Waals surface area contributed by atoms with Crippen LogP contribution in [-0.4, -0.2) is 46.7 Å². The topological polar surface area (TPSA) is 68.5 Å². The van der Waals surface area contributed by atoms with E-state index < -0.39 is 11.7 Å². The fourth-order valence-electron chi connectivity index (χ4n) is 4.32. The largest absolute Gasteiger partial charge is 0.417 e. The molecule has 0 unspecified atom stereocenters. The molecule has 0 aromatic carbocycles. The molecule has 0 saturated carbocycles. The molecule has 4 heterocycles. The first-order valence-corrected chi connectivity index (χ1v) is 10.1. The quantitative estimate of drug-likeness (QED) is 0.754. The number of likely N-dealkylation sites (tertiary alicyclic amines) is 1. The number of fused-ring (bicyclic) bond motifs is 1. The second-order valence-electron chi connectivity index (χ2n) is 7.89. The van der Waals surface area contributed by atoms with Crippen LogP contribution in [0.4, 0.5) is 13.2 Å². The van der Waals surface area contributed by atoms with Gasteiger partial charge in [0, 0.05) is 37.7 Å². The number of ether oxygens (including phenoxy) is 1. The minimum Gasteiger partial charge on any atom is -0.378 e. The van der Waals surface area contributed by atoms with Crippen molar-refractivity contribution in [3.8, 4) is 0 Å². The van der Waals surface area contributed by atoms with E-state index in [0.29, 0.717) is 38.0 Å². The van der Waals surface area contributed by atoms with Gasteiger partial charge in [0.05, 0.1) is 22.7 Å². The minimum atomic E-state index is -4.51. The standard InChI is InChI=1S/C20H24F3N3O3/c1-12-11-15(20(21,22)23)17-18(25-29-19(17)24-12)13-6-8-26(9-7-13)16(27)5-4-14-3-2-10-28-14/h11,13-14H,2-10H2,1H3/t14-/m1/s1. The molecule has 2 fully saturated rings. The minimum absolute atomic E-state index is 0.0498. The summed E-state index contributed by atoms with van der Waals surface area (Å²) in [5, 5.41) is 3.89. The summed E-state index contributed by atoms with van der Waals surface area (Å²) in [4.78, 5) is 18.3. The van der Waals surface area contributed by atoms with E-state index in [-0.39, 0.29) is 34.7 Å². The lowest BCUT2D eigenvalue weighted by Crippen LogP contribution is -2.38. The van der Waals surface area contributed by atoms with Crippen LogP contribution in [0.1, 0.15) is 61.4 Å². The fourth-order valence-corrected chi connectivity index (χ4v) is 4.32. The van der Waals surface area contributed by atoms with Crippen LogP contribution in [0.5, 0.6) is 0 Å². The summed E-state index contributed by atoms with van der Waals surface area (Å²) < 4.78 is 51.3. The first kappa shape index (κ1) is 20.1. The van der Waals surface area contributed by atoms with Crippen molar-refractivity contribution < 1.29 is 27.2 Å². The number of carbonyl (C=O) groups excluding carboxylic acids is 1. The summed E-state index contributed by atoms with van der Waals surface area (Å²) in [7, 11) is 0. The second kappa shape index (κ2) is 7.93. The number of amides is 1. The molecule has 1 atom stereocenters. The molecule has 0 bridgehead atoms. The number of aromatic nitrogens is 2. The molecule has 4 rings (SSSR count). The SMILES string of the molecule is Cc1cc(C(F)(F)F)c2c(C3CCN(C(=O)CC[C@H]4CCCO4)CC3)noc2n1. The Labute approximate surface area is 166 Å². The lowest BCUT2D eigenvalue weighted by Gasteiger charge is -2.31. The predicted octanol–water partition coefficient (Wildman–Crippen LogP) is 4.22. The normalized spacial score (nSPS) is 21.2. The van der Waals surface area contributed by atoms with Gasteiger partial charge in [-0.3, -0.25) is 4.79 Å². The van der Waals surface area contributed by atoms with Gasteiger partial charge in [0.15, 0.2) is 0 Å². The van der Waals surface area contributed by atoms with Crippen LogP contribution >= 0.6 is 0 Å². The molecule has 0 aliphatic carbocycles. The molecule has 2 saturated heterocycles. The number of hydrogen-bond acceptors (Lipinski definition) is 5. The Bertz CT molecular complexity index is 882. The third-order valence-electron chi connectivity index (χ3n) is 5.84. The van der Waals surface area contributed by atoms with Crippen LogP contribution in [0.25, 0.3) is 11.1 Å². The number of nitrogens with zero attached hydrogens (tertiary/aromatic N) is 3. The van der Waals surface area contributed by atoms with Gasteiger partial charge >= 0.3 is 6.18 Å². The van der Waals surface area contributed by atoms with Crippen molar-refractivity contribution in [1.29, 1.82) is 0 Å². The molecule has 9 heteroatoms. The molecule has 0 radical (unpaired) electrons. The number of halogens is 3. The lowest BCUT2D eigenvalue weighted by molar-refractivity contribution is -0.136. The average molecular weight is 411 g/mol. The van der Waals surface area contributed by atoms with E-state index in [1.165, 1.54) is 6.92 Å². The van der Waals surface area contributed by atoms with Crippen molar-refractivity contribution in [3.63, 3.8) is 0 Å². The summed E-state index contributed by atoms with van der Waals surface area (Å²) >= 11 is 0. The van der Waals surface area contributed by atoms with Gasteiger partial charge in [-0.15, -0.1) is 0 Å². The van der Waals surface area contributed by atoms with E-state index in [0.717, 1.165) is 31.9 Å². The lowest BCUT2D eigenvalue weighted by atomic mass is 9.90. The van der Waals surface area contributed by atoms with Crippen LogP contribution in [-0.2, 0) is 15.7 Å². The Balaban J connectivity index is 1.44. The Kier molecular flexibility index (Phi) is 5.50. The van der Waals surface area contributed by atoms with Crippen LogP contribution in [0.3, 0.4) is 0 Å². The van der Waals surface area contributed by atoms with E-state index >= 15 is 0 Å². The molecule has 0 spiro atoms. The third-order valence-corrected chi connectivity index (χ3v) is 5.84. The molecule has 2 aliphatic heterocycles. The summed E-state index contributed by atoms with van der Waals surface area (Å²) in [6, 6.07) is 1.03.